The SMILES string of the molecule is CCC(C)[C@H](NC(=O)c1ccc(O)cc1C)C(=O)O. The lowest BCUT2D eigenvalue weighted by Crippen LogP contribution is -2.45. The van der Waals surface area contributed by atoms with E-state index in [0.717, 1.165) is 0 Å². The number of carbonyl (C=O) groups is 2. The molecule has 1 aromatic carbocycles. The molecular weight excluding hydrogens is 246 g/mol. The summed E-state index contributed by atoms with van der Waals surface area (Å²) in [5.41, 5.74) is 0.971. The predicted octanol–water partition coefficient (Wildman–Crippen LogP) is 1.93. The lowest BCUT2D eigenvalue weighted by molar-refractivity contribution is -0.140. The van der Waals surface area contributed by atoms with Gasteiger partial charge in [-0.05, 0) is 36.6 Å². The van der Waals surface area contributed by atoms with Crippen LogP contribution in [-0.4, -0.2) is 28.1 Å². The zero-order chi connectivity index (χ0) is 14.6. The monoisotopic (exact) mass is 265 g/mol. The first-order chi connectivity index (χ1) is 8.86. The normalized spacial score (nSPS) is 13.6. The van der Waals surface area contributed by atoms with Crippen molar-refractivity contribution in [2.45, 2.75) is 33.2 Å². The third-order valence-electron chi connectivity index (χ3n) is 3.22. The molecule has 0 aliphatic rings. The Kier molecular flexibility index (Phi) is 4.92. The fourth-order valence-corrected chi connectivity index (χ4v) is 1.80. The van der Waals surface area contributed by atoms with Crippen LogP contribution in [0.5, 0.6) is 5.75 Å². The van der Waals surface area contributed by atoms with E-state index in [9.17, 15) is 14.7 Å². The van der Waals surface area contributed by atoms with E-state index in [4.69, 9.17) is 5.11 Å². The van der Waals surface area contributed by atoms with Gasteiger partial charge in [0.05, 0.1) is 0 Å². The number of phenolic OH excluding ortho intramolecular Hbond substituents is 1. The summed E-state index contributed by atoms with van der Waals surface area (Å²) in [6.45, 7) is 5.34. The lowest BCUT2D eigenvalue weighted by atomic mass is 9.98. The molecule has 2 atom stereocenters. The number of carbonyl (C=O) groups excluding carboxylic acids is 1. The van der Waals surface area contributed by atoms with Crippen molar-refractivity contribution in [3.63, 3.8) is 0 Å². The maximum Gasteiger partial charge on any atom is 0.326 e. The fraction of sp³-hybridized carbons (Fsp3) is 0.429. The zero-order valence-electron chi connectivity index (χ0n) is 11.3. The summed E-state index contributed by atoms with van der Waals surface area (Å²) in [6.07, 6.45) is 0.659. The largest absolute Gasteiger partial charge is 0.508 e. The quantitative estimate of drug-likeness (QED) is 0.759. The number of aryl methyl sites for hydroxylation is 1. The van der Waals surface area contributed by atoms with Gasteiger partial charge in [0.25, 0.3) is 5.91 Å². The molecule has 0 aromatic heterocycles. The number of hydrogen-bond acceptors (Lipinski definition) is 3. The van der Waals surface area contributed by atoms with Crippen LogP contribution in [0.3, 0.4) is 0 Å². The van der Waals surface area contributed by atoms with Crippen LogP contribution in [0.25, 0.3) is 0 Å². The molecule has 1 amide bonds. The Balaban J connectivity index is 2.91. The molecule has 0 bridgehead atoms. The van der Waals surface area contributed by atoms with E-state index in [1.165, 1.54) is 18.2 Å². The summed E-state index contributed by atoms with van der Waals surface area (Å²) in [5.74, 6) is -1.56. The van der Waals surface area contributed by atoms with Crippen LogP contribution in [0.1, 0.15) is 36.2 Å². The topological polar surface area (TPSA) is 86.6 Å². The minimum absolute atomic E-state index is 0.0748. The van der Waals surface area contributed by atoms with E-state index in [0.29, 0.717) is 17.5 Å². The van der Waals surface area contributed by atoms with E-state index in [1.807, 2.05) is 6.92 Å². The number of carboxylic acids is 1. The number of rotatable bonds is 5. The van der Waals surface area contributed by atoms with Crippen molar-refractivity contribution in [2.75, 3.05) is 0 Å². The molecule has 0 aliphatic heterocycles. The first-order valence-corrected chi connectivity index (χ1v) is 6.20. The van der Waals surface area contributed by atoms with Crippen LogP contribution in [0, 0.1) is 12.8 Å². The van der Waals surface area contributed by atoms with Crippen LogP contribution < -0.4 is 5.32 Å². The number of hydrogen-bond donors (Lipinski definition) is 3. The zero-order valence-corrected chi connectivity index (χ0v) is 11.3. The molecule has 1 aromatic rings. The van der Waals surface area contributed by atoms with E-state index >= 15 is 0 Å². The Morgan fingerprint density at radius 3 is 2.47 bits per heavy atom. The van der Waals surface area contributed by atoms with Gasteiger partial charge in [-0.3, -0.25) is 4.79 Å². The van der Waals surface area contributed by atoms with E-state index in [2.05, 4.69) is 5.32 Å². The highest BCUT2D eigenvalue weighted by atomic mass is 16.4. The average molecular weight is 265 g/mol. The van der Waals surface area contributed by atoms with Crippen molar-refractivity contribution in [1.29, 1.82) is 0 Å². The molecule has 0 saturated carbocycles. The molecule has 0 saturated heterocycles. The third kappa shape index (κ3) is 3.71. The van der Waals surface area contributed by atoms with Crippen LogP contribution in [0.4, 0.5) is 0 Å². The summed E-state index contributed by atoms with van der Waals surface area (Å²) in [7, 11) is 0. The van der Waals surface area contributed by atoms with Crippen molar-refractivity contribution in [2.24, 2.45) is 5.92 Å². The number of benzene rings is 1. The summed E-state index contributed by atoms with van der Waals surface area (Å²) < 4.78 is 0. The Morgan fingerprint density at radius 1 is 1.37 bits per heavy atom. The molecule has 104 valence electrons. The van der Waals surface area contributed by atoms with Crippen LogP contribution >= 0.6 is 0 Å². The molecule has 0 radical (unpaired) electrons. The van der Waals surface area contributed by atoms with Gasteiger partial charge < -0.3 is 15.5 Å². The van der Waals surface area contributed by atoms with E-state index in [1.54, 1.807) is 13.8 Å². The van der Waals surface area contributed by atoms with Gasteiger partial charge in [-0.25, -0.2) is 4.79 Å². The Hall–Kier alpha value is -2.04. The molecule has 3 N–H and O–H groups in total. The third-order valence-corrected chi connectivity index (χ3v) is 3.22. The summed E-state index contributed by atoms with van der Waals surface area (Å²) in [4.78, 5) is 23.2. The highest BCUT2D eigenvalue weighted by Gasteiger charge is 2.26. The molecule has 0 aliphatic carbocycles. The van der Waals surface area contributed by atoms with Gasteiger partial charge in [-0.1, -0.05) is 20.3 Å². The Morgan fingerprint density at radius 2 is 2.00 bits per heavy atom. The number of aliphatic carboxylic acids is 1. The van der Waals surface area contributed by atoms with Crippen LogP contribution in [0.15, 0.2) is 18.2 Å². The van der Waals surface area contributed by atoms with Crippen molar-refractivity contribution < 1.29 is 19.8 Å². The number of carboxylic acid groups (broad SMARTS) is 1. The van der Waals surface area contributed by atoms with Crippen LogP contribution in [0.2, 0.25) is 0 Å². The molecular formula is C14H19NO4. The van der Waals surface area contributed by atoms with Crippen molar-refractivity contribution in [3.05, 3.63) is 29.3 Å². The molecule has 0 fully saturated rings. The number of phenols is 1. The second-order valence-corrected chi connectivity index (χ2v) is 4.67. The fourth-order valence-electron chi connectivity index (χ4n) is 1.80. The average Bonchev–Trinajstić information content (AvgIpc) is 2.34. The molecule has 1 rings (SSSR count). The molecule has 19 heavy (non-hydrogen) atoms. The maximum absolute atomic E-state index is 12.1. The van der Waals surface area contributed by atoms with Crippen molar-refractivity contribution in [3.8, 4) is 5.75 Å². The second-order valence-electron chi connectivity index (χ2n) is 4.67. The van der Waals surface area contributed by atoms with E-state index in [-0.39, 0.29) is 11.7 Å². The number of nitrogens with one attached hydrogen (secondary N) is 1. The second kappa shape index (κ2) is 6.22. The lowest BCUT2D eigenvalue weighted by Gasteiger charge is -2.20. The van der Waals surface area contributed by atoms with Crippen molar-refractivity contribution >= 4 is 11.9 Å². The first kappa shape index (κ1) is 15.0. The molecule has 0 spiro atoms. The summed E-state index contributed by atoms with van der Waals surface area (Å²) in [5, 5.41) is 20.9. The Bertz CT molecular complexity index is 484. The summed E-state index contributed by atoms with van der Waals surface area (Å²) in [6, 6.07) is 3.44. The number of amides is 1. The van der Waals surface area contributed by atoms with Gasteiger partial charge >= 0.3 is 5.97 Å². The van der Waals surface area contributed by atoms with Gasteiger partial charge in [0.2, 0.25) is 0 Å². The first-order valence-electron chi connectivity index (χ1n) is 6.20. The highest BCUT2D eigenvalue weighted by molar-refractivity contribution is 5.98. The van der Waals surface area contributed by atoms with Gasteiger partial charge in [0.1, 0.15) is 11.8 Å². The standard InChI is InChI=1S/C14H19NO4/c1-4-8(2)12(14(18)19)15-13(17)11-6-5-10(16)7-9(11)3/h5-8,12,16H,4H2,1-3H3,(H,15,17)(H,18,19)/t8?,12-/m0/s1. The molecule has 5 heteroatoms. The predicted molar refractivity (Wildman–Crippen MR) is 71.2 cm³/mol. The van der Waals surface area contributed by atoms with Gasteiger partial charge in [-0.15, -0.1) is 0 Å². The van der Waals surface area contributed by atoms with E-state index < -0.39 is 17.9 Å². The smallest absolute Gasteiger partial charge is 0.326 e. The highest BCUT2D eigenvalue weighted by Crippen LogP contribution is 2.16. The van der Waals surface area contributed by atoms with Crippen molar-refractivity contribution in [1.82, 2.24) is 5.32 Å². The van der Waals surface area contributed by atoms with Crippen LogP contribution in [-0.2, 0) is 4.79 Å². The maximum atomic E-state index is 12.1. The Labute approximate surface area is 112 Å². The number of aromatic hydroxyl groups is 1. The van der Waals surface area contributed by atoms with Gasteiger partial charge in [0.15, 0.2) is 0 Å². The van der Waals surface area contributed by atoms with Gasteiger partial charge in [-0.2, -0.15) is 0 Å². The van der Waals surface area contributed by atoms with Gasteiger partial charge in [0, 0.05) is 5.56 Å². The minimum Gasteiger partial charge on any atom is -0.508 e. The molecule has 1 unspecified atom stereocenters. The molecule has 5 nitrogen and oxygen atoms in total. The molecule has 0 heterocycles. The minimum atomic E-state index is -1.04. The summed E-state index contributed by atoms with van der Waals surface area (Å²) >= 11 is 0.